The lowest BCUT2D eigenvalue weighted by atomic mass is 10.4. The Hall–Kier alpha value is -1.62. The third-order valence-electron chi connectivity index (χ3n) is 2.66. The van der Waals surface area contributed by atoms with Crippen LogP contribution in [0.4, 0.5) is 0 Å². The van der Waals surface area contributed by atoms with E-state index in [0.29, 0.717) is 25.7 Å². The van der Waals surface area contributed by atoms with Crippen LogP contribution in [0, 0.1) is 0 Å². The Morgan fingerprint density at radius 1 is 1.41 bits per heavy atom. The van der Waals surface area contributed by atoms with Gasteiger partial charge in [0, 0.05) is 31.4 Å². The summed E-state index contributed by atoms with van der Waals surface area (Å²) in [5, 5.41) is 5.92. The highest BCUT2D eigenvalue weighted by atomic mass is 16.2. The van der Waals surface area contributed by atoms with Crippen LogP contribution in [-0.4, -0.2) is 29.6 Å². The summed E-state index contributed by atoms with van der Waals surface area (Å²) in [6.07, 6.45) is 3.95. The van der Waals surface area contributed by atoms with Crippen LogP contribution < -0.4 is 16.2 Å². The van der Waals surface area contributed by atoms with Gasteiger partial charge < -0.3 is 15.2 Å². The highest BCUT2D eigenvalue weighted by molar-refractivity contribution is 5.78. The van der Waals surface area contributed by atoms with Crippen molar-refractivity contribution in [1.29, 1.82) is 0 Å². The molecule has 0 aromatic carbocycles. The Kier molecular flexibility index (Phi) is 3.93. The van der Waals surface area contributed by atoms with E-state index >= 15 is 0 Å². The Morgan fingerprint density at radius 2 is 2.24 bits per heavy atom. The van der Waals surface area contributed by atoms with E-state index in [1.54, 1.807) is 16.8 Å². The third-order valence-corrected chi connectivity index (χ3v) is 2.66. The smallest absolute Gasteiger partial charge is 0.250 e. The van der Waals surface area contributed by atoms with Gasteiger partial charge in [0.25, 0.3) is 5.56 Å². The van der Waals surface area contributed by atoms with Crippen LogP contribution in [0.15, 0.2) is 29.2 Å². The largest absolute Gasteiger partial charge is 0.352 e. The maximum absolute atomic E-state index is 11.4. The molecule has 0 radical (unpaired) electrons. The molecule has 1 aromatic rings. The zero-order chi connectivity index (χ0) is 12.1. The van der Waals surface area contributed by atoms with Crippen LogP contribution >= 0.6 is 0 Å². The molecule has 0 spiro atoms. The molecule has 1 aliphatic rings. The quantitative estimate of drug-likeness (QED) is 0.666. The second-order valence-corrected chi connectivity index (χ2v) is 4.25. The second kappa shape index (κ2) is 5.63. The van der Waals surface area contributed by atoms with Crippen molar-refractivity contribution in [2.75, 3.05) is 13.1 Å². The van der Waals surface area contributed by atoms with E-state index in [-0.39, 0.29) is 11.5 Å². The third kappa shape index (κ3) is 4.03. The molecule has 1 amide bonds. The van der Waals surface area contributed by atoms with Gasteiger partial charge in [-0.15, -0.1) is 0 Å². The molecule has 0 atom stereocenters. The molecular formula is C12H17N3O2. The van der Waals surface area contributed by atoms with Gasteiger partial charge in [-0.25, -0.2) is 0 Å². The van der Waals surface area contributed by atoms with E-state index < -0.39 is 0 Å². The van der Waals surface area contributed by atoms with Gasteiger partial charge in [-0.05, 0) is 18.9 Å². The Labute approximate surface area is 99.8 Å². The Morgan fingerprint density at radius 3 is 2.94 bits per heavy atom. The fourth-order valence-electron chi connectivity index (χ4n) is 1.55. The topological polar surface area (TPSA) is 63.1 Å². The summed E-state index contributed by atoms with van der Waals surface area (Å²) in [6.45, 7) is 1.51. The summed E-state index contributed by atoms with van der Waals surface area (Å²) in [5.74, 6) is 0.0351. The first-order chi connectivity index (χ1) is 8.25. The fourth-order valence-corrected chi connectivity index (χ4v) is 1.55. The zero-order valence-corrected chi connectivity index (χ0v) is 9.69. The van der Waals surface area contributed by atoms with E-state index in [9.17, 15) is 9.59 Å². The number of carbonyl (C=O) groups is 1. The molecule has 1 fully saturated rings. The van der Waals surface area contributed by atoms with E-state index in [1.165, 1.54) is 6.07 Å². The van der Waals surface area contributed by atoms with E-state index in [4.69, 9.17) is 0 Å². The molecule has 0 bridgehead atoms. The number of pyridine rings is 1. The van der Waals surface area contributed by atoms with Crippen LogP contribution in [0.3, 0.4) is 0 Å². The maximum Gasteiger partial charge on any atom is 0.250 e. The minimum atomic E-state index is -0.0169. The van der Waals surface area contributed by atoms with Gasteiger partial charge in [0.05, 0.1) is 6.54 Å². The average Bonchev–Trinajstić information content (AvgIpc) is 3.10. The van der Waals surface area contributed by atoms with Gasteiger partial charge in [-0.2, -0.15) is 0 Å². The molecule has 0 aliphatic heterocycles. The molecule has 2 rings (SSSR count). The van der Waals surface area contributed by atoms with E-state index in [1.807, 2.05) is 6.07 Å². The number of carbonyl (C=O) groups excluding carboxylic acids is 1. The number of rotatable bonds is 6. The summed E-state index contributed by atoms with van der Waals surface area (Å²) in [7, 11) is 0. The monoisotopic (exact) mass is 235 g/mol. The predicted octanol–water partition coefficient (Wildman–Crippen LogP) is -0.284. The minimum Gasteiger partial charge on any atom is -0.352 e. The van der Waals surface area contributed by atoms with E-state index in [2.05, 4.69) is 10.6 Å². The van der Waals surface area contributed by atoms with Crippen LogP contribution in [0.5, 0.6) is 0 Å². The van der Waals surface area contributed by atoms with Crippen LogP contribution in [0.1, 0.15) is 12.8 Å². The molecular weight excluding hydrogens is 218 g/mol. The normalized spacial score (nSPS) is 14.6. The molecule has 1 heterocycles. The standard InChI is InChI=1S/C12H17N3O2/c16-11(14-10-4-5-10)9-13-6-8-15-7-2-1-3-12(15)17/h1-3,7,10,13H,4-6,8-9H2,(H,14,16). The fraction of sp³-hybridized carbons (Fsp3) is 0.500. The predicted molar refractivity (Wildman–Crippen MR) is 64.7 cm³/mol. The van der Waals surface area contributed by atoms with Crippen molar-refractivity contribution in [3.63, 3.8) is 0 Å². The lowest BCUT2D eigenvalue weighted by molar-refractivity contribution is -0.120. The number of nitrogens with one attached hydrogen (secondary N) is 2. The SMILES string of the molecule is O=C(CNCCn1ccccc1=O)NC1CC1. The molecule has 0 unspecified atom stereocenters. The molecule has 17 heavy (non-hydrogen) atoms. The van der Waals surface area contributed by atoms with Crippen molar-refractivity contribution < 1.29 is 4.79 Å². The van der Waals surface area contributed by atoms with Crippen LogP contribution in [0.2, 0.25) is 0 Å². The first-order valence-corrected chi connectivity index (χ1v) is 5.91. The van der Waals surface area contributed by atoms with Crippen LogP contribution in [-0.2, 0) is 11.3 Å². The van der Waals surface area contributed by atoms with Gasteiger partial charge in [0.15, 0.2) is 0 Å². The number of amides is 1. The number of hydrogen-bond acceptors (Lipinski definition) is 3. The molecule has 92 valence electrons. The molecule has 1 aromatic heterocycles. The molecule has 1 aliphatic carbocycles. The lowest BCUT2D eigenvalue weighted by Crippen LogP contribution is -2.36. The first kappa shape index (κ1) is 11.9. The van der Waals surface area contributed by atoms with Crippen molar-refractivity contribution in [2.45, 2.75) is 25.4 Å². The summed E-state index contributed by atoms with van der Waals surface area (Å²) < 4.78 is 1.62. The molecule has 1 saturated carbocycles. The van der Waals surface area contributed by atoms with Crippen molar-refractivity contribution in [2.24, 2.45) is 0 Å². The number of aromatic nitrogens is 1. The van der Waals surface area contributed by atoms with Gasteiger partial charge in [0.2, 0.25) is 5.91 Å². The van der Waals surface area contributed by atoms with Gasteiger partial charge >= 0.3 is 0 Å². The van der Waals surface area contributed by atoms with Crippen LogP contribution in [0.25, 0.3) is 0 Å². The molecule has 2 N–H and O–H groups in total. The van der Waals surface area contributed by atoms with Crippen molar-refractivity contribution in [3.05, 3.63) is 34.7 Å². The highest BCUT2D eigenvalue weighted by Gasteiger charge is 2.22. The van der Waals surface area contributed by atoms with E-state index in [0.717, 1.165) is 12.8 Å². The summed E-state index contributed by atoms with van der Waals surface area (Å²) >= 11 is 0. The van der Waals surface area contributed by atoms with Gasteiger partial charge in [-0.1, -0.05) is 6.07 Å². The molecule has 5 heteroatoms. The maximum atomic E-state index is 11.4. The first-order valence-electron chi connectivity index (χ1n) is 5.91. The number of hydrogen-bond donors (Lipinski definition) is 2. The number of nitrogens with zero attached hydrogens (tertiary/aromatic N) is 1. The lowest BCUT2D eigenvalue weighted by Gasteiger charge is -2.07. The average molecular weight is 235 g/mol. The summed E-state index contributed by atoms with van der Waals surface area (Å²) in [6, 6.07) is 5.47. The molecule has 0 saturated heterocycles. The van der Waals surface area contributed by atoms with Gasteiger partial charge in [-0.3, -0.25) is 9.59 Å². The summed E-state index contributed by atoms with van der Waals surface area (Å²) in [5.41, 5.74) is -0.0169. The Bertz CT molecular complexity index is 437. The Balaban J connectivity index is 1.64. The van der Waals surface area contributed by atoms with Crippen molar-refractivity contribution >= 4 is 5.91 Å². The van der Waals surface area contributed by atoms with Gasteiger partial charge in [0.1, 0.15) is 0 Å². The summed E-state index contributed by atoms with van der Waals surface area (Å²) in [4.78, 5) is 22.7. The second-order valence-electron chi connectivity index (χ2n) is 4.25. The minimum absolute atomic E-state index is 0.0169. The zero-order valence-electron chi connectivity index (χ0n) is 9.69. The van der Waals surface area contributed by atoms with Crippen molar-refractivity contribution in [1.82, 2.24) is 15.2 Å². The molecule has 5 nitrogen and oxygen atoms in total. The highest BCUT2D eigenvalue weighted by Crippen LogP contribution is 2.17. The van der Waals surface area contributed by atoms with Crippen molar-refractivity contribution in [3.8, 4) is 0 Å².